The molecule has 3 heterocycles. The van der Waals surface area contributed by atoms with E-state index in [9.17, 15) is 9.59 Å². The van der Waals surface area contributed by atoms with E-state index in [0.717, 1.165) is 17.3 Å². The molecule has 2 aromatic heterocycles. The van der Waals surface area contributed by atoms with Gasteiger partial charge in [0.1, 0.15) is 10.7 Å². The first-order valence-corrected chi connectivity index (χ1v) is 8.48. The number of anilines is 1. The van der Waals surface area contributed by atoms with Crippen LogP contribution in [0.5, 0.6) is 0 Å². The van der Waals surface area contributed by atoms with E-state index in [-0.39, 0.29) is 5.69 Å². The lowest BCUT2D eigenvalue weighted by atomic mass is 10.3. The molecule has 1 aliphatic heterocycles. The summed E-state index contributed by atoms with van der Waals surface area (Å²) in [5.74, 6) is -0.967. The minimum Gasteiger partial charge on any atom is -0.379 e. The first-order chi connectivity index (χ1) is 11.1. The van der Waals surface area contributed by atoms with Gasteiger partial charge in [0.25, 0.3) is 11.8 Å². The second-order valence-electron chi connectivity index (χ2n) is 4.72. The zero-order valence-corrected chi connectivity index (χ0v) is 13.7. The van der Waals surface area contributed by atoms with Crippen molar-refractivity contribution in [1.29, 1.82) is 0 Å². The predicted molar refractivity (Wildman–Crippen MR) is 87.6 cm³/mol. The molecule has 1 saturated heterocycles. The molecule has 0 atom stereocenters. The highest BCUT2D eigenvalue weighted by molar-refractivity contribution is 7.99. The van der Waals surface area contributed by atoms with Gasteiger partial charge in [-0.1, -0.05) is 0 Å². The number of hydrogen-bond donors (Lipinski definition) is 3. The summed E-state index contributed by atoms with van der Waals surface area (Å²) >= 11 is 2.85. The van der Waals surface area contributed by atoms with E-state index in [1.165, 1.54) is 23.3 Å². The standard InChI is InChI=1S/C13H15N5O3S2/c14-11(19)8-7-10(23-18-3-5-21-6-4-18)22-13(8)16-12(20)9-1-2-15-17-9/h1-2,7H,3-6H2,(H2,14,19)(H,15,17)(H,16,20). The molecule has 4 N–H and O–H groups in total. The van der Waals surface area contributed by atoms with E-state index in [2.05, 4.69) is 19.8 Å². The normalized spacial score (nSPS) is 15.5. The topological polar surface area (TPSA) is 113 Å². The van der Waals surface area contributed by atoms with Gasteiger partial charge in [-0.2, -0.15) is 5.10 Å². The van der Waals surface area contributed by atoms with Crippen molar-refractivity contribution in [2.75, 3.05) is 31.6 Å². The number of primary amides is 1. The van der Waals surface area contributed by atoms with Crippen LogP contribution in [0.25, 0.3) is 0 Å². The first kappa shape index (κ1) is 16.0. The molecule has 2 aromatic rings. The lowest BCUT2D eigenvalue weighted by Crippen LogP contribution is -2.30. The van der Waals surface area contributed by atoms with E-state index >= 15 is 0 Å². The lowest BCUT2D eigenvalue weighted by molar-refractivity contribution is 0.0773. The Morgan fingerprint density at radius 1 is 1.43 bits per heavy atom. The fourth-order valence-corrected chi connectivity index (χ4v) is 4.27. The molecule has 8 nitrogen and oxygen atoms in total. The number of amides is 2. The summed E-state index contributed by atoms with van der Waals surface area (Å²) in [6.45, 7) is 2.99. The van der Waals surface area contributed by atoms with Gasteiger partial charge in [-0.05, 0) is 24.1 Å². The van der Waals surface area contributed by atoms with E-state index < -0.39 is 11.8 Å². The van der Waals surface area contributed by atoms with Crippen molar-refractivity contribution < 1.29 is 14.3 Å². The summed E-state index contributed by atoms with van der Waals surface area (Å²) in [5, 5.41) is 9.51. The molecule has 0 bridgehead atoms. The van der Waals surface area contributed by atoms with Gasteiger partial charge >= 0.3 is 0 Å². The zero-order valence-electron chi connectivity index (χ0n) is 12.1. The molecule has 2 amide bonds. The average molecular weight is 353 g/mol. The Balaban J connectivity index is 1.75. The maximum atomic E-state index is 12.1. The average Bonchev–Trinajstić information content (AvgIpc) is 3.18. The molecule has 0 saturated carbocycles. The molecule has 3 rings (SSSR count). The zero-order chi connectivity index (χ0) is 16.2. The number of nitrogens with one attached hydrogen (secondary N) is 2. The summed E-state index contributed by atoms with van der Waals surface area (Å²) in [4.78, 5) is 23.7. The molecule has 23 heavy (non-hydrogen) atoms. The van der Waals surface area contributed by atoms with Crippen LogP contribution < -0.4 is 11.1 Å². The Bertz CT molecular complexity index is 695. The minimum absolute atomic E-state index is 0.246. The number of aromatic nitrogens is 2. The van der Waals surface area contributed by atoms with Gasteiger partial charge in [-0.3, -0.25) is 14.7 Å². The Kier molecular flexibility index (Phi) is 4.96. The number of thiophene rings is 1. The van der Waals surface area contributed by atoms with Crippen molar-refractivity contribution in [2.24, 2.45) is 5.73 Å². The molecule has 10 heteroatoms. The largest absolute Gasteiger partial charge is 0.379 e. The van der Waals surface area contributed by atoms with Crippen molar-refractivity contribution in [3.8, 4) is 0 Å². The van der Waals surface area contributed by atoms with E-state index in [0.29, 0.717) is 23.8 Å². The first-order valence-electron chi connectivity index (χ1n) is 6.89. The van der Waals surface area contributed by atoms with Crippen LogP contribution in [0.3, 0.4) is 0 Å². The molecule has 0 aliphatic carbocycles. The van der Waals surface area contributed by atoms with Gasteiger partial charge in [0, 0.05) is 19.3 Å². The third kappa shape index (κ3) is 3.91. The number of rotatable bonds is 5. The Morgan fingerprint density at radius 3 is 2.87 bits per heavy atom. The maximum absolute atomic E-state index is 12.1. The second-order valence-corrected chi connectivity index (χ2v) is 7.17. The van der Waals surface area contributed by atoms with Gasteiger partial charge in [-0.15, -0.1) is 11.3 Å². The van der Waals surface area contributed by atoms with Crippen LogP contribution in [-0.2, 0) is 4.74 Å². The van der Waals surface area contributed by atoms with Gasteiger partial charge in [0.15, 0.2) is 0 Å². The second kappa shape index (κ2) is 7.13. The smallest absolute Gasteiger partial charge is 0.276 e. The van der Waals surface area contributed by atoms with Gasteiger partial charge in [0.05, 0.1) is 23.0 Å². The number of aromatic amines is 1. The van der Waals surface area contributed by atoms with Crippen molar-refractivity contribution in [1.82, 2.24) is 14.5 Å². The van der Waals surface area contributed by atoms with Gasteiger partial charge < -0.3 is 15.8 Å². The number of morpholine rings is 1. The quantitative estimate of drug-likeness (QED) is 0.695. The summed E-state index contributed by atoms with van der Waals surface area (Å²) < 4.78 is 8.35. The monoisotopic (exact) mass is 353 g/mol. The Morgan fingerprint density at radius 2 is 2.22 bits per heavy atom. The SMILES string of the molecule is NC(=O)c1cc(SN2CCOCC2)sc1NC(=O)c1cc[nH]n1. The van der Waals surface area contributed by atoms with Crippen molar-refractivity contribution in [2.45, 2.75) is 4.21 Å². The lowest BCUT2D eigenvalue weighted by Gasteiger charge is -2.24. The predicted octanol–water partition coefficient (Wildman–Crippen LogP) is 1.16. The van der Waals surface area contributed by atoms with Crippen molar-refractivity contribution >= 4 is 40.1 Å². The van der Waals surface area contributed by atoms with Crippen LogP contribution in [0.4, 0.5) is 5.00 Å². The van der Waals surface area contributed by atoms with Crippen LogP contribution in [-0.4, -0.2) is 52.6 Å². The molecule has 122 valence electrons. The molecule has 0 radical (unpaired) electrons. The highest BCUT2D eigenvalue weighted by Gasteiger charge is 2.20. The minimum atomic E-state index is -0.576. The molecule has 0 unspecified atom stereocenters. The highest BCUT2D eigenvalue weighted by Crippen LogP contribution is 2.36. The summed E-state index contributed by atoms with van der Waals surface area (Å²) in [6, 6.07) is 3.25. The third-order valence-corrected chi connectivity index (χ3v) is 5.36. The van der Waals surface area contributed by atoms with E-state index in [1.54, 1.807) is 18.3 Å². The van der Waals surface area contributed by atoms with Gasteiger partial charge in [0.2, 0.25) is 0 Å². The fourth-order valence-electron chi connectivity index (χ4n) is 2.01. The van der Waals surface area contributed by atoms with Crippen molar-refractivity contribution in [3.05, 3.63) is 29.6 Å². The molecule has 1 fully saturated rings. The van der Waals surface area contributed by atoms with Crippen LogP contribution >= 0.6 is 23.3 Å². The molecule has 0 spiro atoms. The third-order valence-electron chi connectivity index (χ3n) is 3.12. The van der Waals surface area contributed by atoms with E-state index in [1.807, 2.05) is 0 Å². The number of H-pyrrole nitrogens is 1. The fraction of sp³-hybridized carbons (Fsp3) is 0.308. The molecule has 0 aromatic carbocycles. The summed E-state index contributed by atoms with van der Waals surface area (Å²) in [7, 11) is 0. The Hall–Kier alpha value is -1.88. The number of carbonyl (C=O) groups is 2. The Labute approximate surface area is 140 Å². The van der Waals surface area contributed by atoms with Crippen molar-refractivity contribution in [3.63, 3.8) is 0 Å². The summed E-state index contributed by atoms with van der Waals surface area (Å²) in [6.07, 6.45) is 1.55. The molecule has 1 aliphatic rings. The summed E-state index contributed by atoms with van der Waals surface area (Å²) in [5.41, 5.74) is 5.95. The number of nitrogens with zero attached hydrogens (tertiary/aromatic N) is 2. The van der Waals surface area contributed by atoms with Crippen LogP contribution in [0, 0.1) is 0 Å². The van der Waals surface area contributed by atoms with Crippen LogP contribution in [0.2, 0.25) is 0 Å². The number of nitrogens with two attached hydrogens (primary N) is 1. The number of carbonyl (C=O) groups excluding carboxylic acids is 2. The van der Waals surface area contributed by atoms with Crippen LogP contribution in [0.15, 0.2) is 22.5 Å². The van der Waals surface area contributed by atoms with Gasteiger partial charge in [-0.25, -0.2) is 4.31 Å². The van der Waals surface area contributed by atoms with E-state index in [4.69, 9.17) is 10.5 Å². The molecular formula is C13H15N5O3S2. The maximum Gasteiger partial charge on any atom is 0.276 e. The molecular weight excluding hydrogens is 338 g/mol. The number of hydrogen-bond acceptors (Lipinski definition) is 7. The van der Waals surface area contributed by atoms with Crippen LogP contribution in [0.1, 0.15) is 20.8 Å². The number of ether oxygens (including phenoxy) is 1. The highest BCUT2D eigenvalue weighted by atomic mass is 32.2.